The van der Waals surface area contributed by atoms with Gasteiger partial charge in [0.2, 0.25) is 15.9 Å². The number of nitro groups is 1. The number of halogens is 3. The molecule has 12 heteroatoms. The second-order valence-electron chi connectivity index (χ2n) is 6.61. The first-order valence-electron chi connectivity index (χ1n) is 8.96. The maximum Gasteiger partial charge on any atom is 0.288 e. The average Bonchev–Trinajstić information content (AvgIpc) is 2.74. The van der Waals surface area contributed by atoms with Crippen LogP contribution in [0.25, 0.3) is 6.08 Å². The highest BCUT2D eigenvalue weighted by Gasteiger charge is 2.30. The van der Waals surface area contributed by atoms with Gasteiger partial charge in [0.05, 0.1) is 9.82 Å². The zero-order valence-corrected chi connectivity index (χ0v) is 17.4. The molecule has 0 bridgehead atoms. The summed E-state index contributed by atoms with van der Waals surface area (Å²) in [5.74, 6) is -2.81. The van der Waals surface area contributed by atoms with E-state index in [1.807, 2.05) is 0 Å². The fourth-order valence-corrected chi connectivity index (χ4v) is 4.60. The first kappa shape index (κ1) is 22.8. The lowest BCUT2D eigenvalue weighted by molar-refractivity contribution is -0.384. The number of nitro benzene ring substituents is 1. The lowest BCUT2D eigenvalue weighted by Gasteiger charge is -2.33. The van der Waals surface area contributed by atoms with E-state index in [1.54, 1.807) is 0 Å². The van der Waals surface area contributed by atoms with Gasteiger partial charge in [-0.3, -0.25) is 14.9 Å². The quantitative estimate of drug-likeness (QED) is 0.379. The number of hydrogen-bond acceptors (Lipinski definition) is 5. The van der Waals surface area contributed by atoms with Gasteiger partial charge in [-0.05, 0) is 35.9 Å². The van der Waals surface area contributed by atoms with E-state index < -0.39 is 32.5 Å². The van der Waals surface area contributed by atoms with Crippen molar-refractivity contribution >= 4 is 39.3 Å². The molecule has 8 nitrogen and oxygen atoms in total. The molecule has 0 aromatic heterocycles. The van der Waals surface area contributed by atoms with Gasteiger partial charge in [0.15, 0.2) is 11.6 Å². The highest BCUT2D eigenvalue weighted by atomic mass is 35.5. The fourth-order valence-electron chi connectivity index (χ4n) is 2.98. The minimum atomic E-state index is -4.03. The third-order valence-electron chi connectivity index (χ3n) is 4.66. The Morgan fingerprint density at radius 1 is 1.06 bits per heavy atom. The molecule has 0 atom stereocenters. The van der Waals surface area contributed by atoms with Crippen molar-refractivity contribution in [3.8, 4) is 0 Å². The summed E-state index contributed by atoms with van der Waals surface area (Å²) in [7, 11) is -4.03. The first-order chi connectivity index (χ1) is 14.6. The van der Waals surface area contributed by atoms with E-state index in [9.17, 15) is 32.1 Å². The largest absolute Gasteiger partial charge is 0.337 e. The van der Waals surface area contributed by atoms with Crippen LogP contribution in [0.1, 0.15) is 5.56 Å². The van der Waals surface area contributed by atoms with E-state index in [-0.39, 0.29) is 41.8 Å². The van der Waals surface area contributed by atoms with Crippen LogP contribution >= 0.6 is 11.6 Å². The van der Waals surface area contributed by atoms with Gasteiger partial charge < -0.3 is 4.90 Å². The average molecular weight is 472 g/mol. The molecule has 0 aliphatic carbocycles. The fraction of sp³-hybridized carbons (Fsp3) is 0.211. The van der Waals surface area contributed by atoms with Crippen molar-refractivity contribution in [2.24, 2.45) is 0 Å². The first-order valence-corrected chi connectivity index (χ1v) is 10.8. The van der Waals surface area contributed by atoms with Gasteiger partial charge in [-0.25, -0.2) is 17.2 Å². The van der Waals surface area contributed by atoms with E-state index in [0.717, 1.165) is 16.4 Å². The van der Waals surface area contributed by atoms with Gasteiger partial charge in [0.1, 0.15) is 5.02 Å². The molecule has 2 aromatic rings. The number of sulfonamides is 1. The Hall–Kier alpha value is -2.89. The standard InChI is InChI=1S/C19H16ClF2N3O5S/c20-15-4-1-13(11-18(15)25(27)28)2-6-19(26)23-7-9-24(10-8-23)31(29,30)14-3-5-16(21)17(22)12-14/h1-6,11-12H,7-10H2/b6-2+. The molecule has 31 heavy (non-hydrogen) atoms. The molecule has 1 amide bonds. The SMILES string of the molecule is O=C(/C=C/c1ccc(Cl)c([N+](=O)[O-])c1)N1CCN(S(=O)(=O)c2ccc(F)c(F)c2)CC1. The van der Waals surface area contributed by atoms with Gasteiger partial charge in [0.25, 0.3) is 5.69 Å². The number of carbonyl (C=O) groups is 1. The van der Waals surface area contributed by atoms with Crippen LogP contribution in [0.4, 0.5) is 14.5 Å². The van der Waals surface area contributed by atoms with E-state index in [1.165, 1.54) is 35.3 Å². The summed E-state index contributed by atoms with van der Waals surface area (Å²) in [6.07, 6.45) is 2.63. The molecule has 1 aliphatic rings. The highest BCUT2D eigenvalue weighted by Crippen LogP contribution is 2.25. The summed E-state index contributed by atoms with van der Waals surface area (Å²) in [4.78, 5) is 23.7. The Bertz CT molecular complexity index is 1170. The summed E-state index contributed by atoms with van der Waals surface area (Å²) in [5, 5.41) is 10.9. The van der Waals surface area contributed by atoms with E-state index in [2.05, 4.69) is 0 Å². The highest BCUT2D eigenvalue weighted by molar-refractivity contribution is 7.89. The Labute approximate surface area is 181 Å². The third kappa shape index (κ3) is 5.06. The molecule has 3 rings (SSSR count). The van der Waals surface area contributed by atoms with E-state index in [0.29, 0.717) is 11.6 Å². The molecule has 0 N–H and O–H groups in total. The Morgan fingerprint density at radius 3 is 2.35 bits per heavy atom. The van der Waals surface area contributed by atoms with Crippen LogP contribution in [-0.4, -0.2) is 54.6 Å². The molecule has 0 unspecified atom stereocenters. The van der Waals surface area contributed by atoms with Crippen LogP contribution in [0.3, 0.4) is 0 Å². The van der Waals surface area contributed by atoms with Gasteiger partial charge in [-0.2, -0.15) is 4.31 Å². The molecule has 1 saturated heterocycles. The predicted octanol–water partition coefficient (Wildman–Crippen LogP) is 3.07. The molecule has 0 spiro atoms. The maximum atomic E-state index is 13.4. The maximum absolute atomic E-state index is 13.4. The number of amides is 1. The molecule has 1 heterocycles. The molecule has 0 radical (unpaired) electrons. The van der Waals surface area contributed by atoms with Crippen LogP contribution in [0.2, 0.25) is 5.02 Å². The topological polar surface area (TPSA) is 101 Å². The Kier molecular flexibility index (Phi) is 6.68. The number of benzene rings is 2. The Balaban J connectivity index is 1.64. The van der Waals surface area contributed by atoms with Crippen LogP contribution in [0.5, 0.6) is 0 Å². The lowest BCUT2D eigenvalue weighted by Crippen LogP contribution is -2.50. The normalized spacial score (nSPS) is 15.4. The summed E-state index contributed by atoms with van der Waals surface area (Å²) in [6, 6.07) is 6.46. The van der Waals surface area contributed by atoms with Gasteiger partial charge in [-0.15, -0.1) is 0 Å². The molecule has 0 saturated carbocycles. The summed E-state index contributed by atoms with van der Waals surface area (Å²) in [6.45, 7) is 0.139. The summed E-state index contributed by atoms with van der Waals surface area (Å²) >= 11 is 5.75. The zero-order chi connectivity index (χ0) is 22.8. The predicted molar refractivity (Wildman–Crippen MR) is 109 cm³/mol. The van der Waals surface area contributed by atoms with Crippen molar-refractivity contribution in [1.29, 1.82) is 0 Å². The minimum absolute atomic E-state index is 0.0205. The molecule has 1 fully saturated rings. The number of piperazine rings is 1. The minimum Gasteiger partial charge on any atom is -0.337 e. The van der Waals surface area contributed by atoms with Crippen molar-refractivity contribution in [3.63, 3.8) is 0 Å². The van der Waals surface area contributed by atoms with Gasteiger partial charge in [-0.1, -0.05) is 17.7 Å². The van der Waals surface area contributed by atoms with E-state index in [4.69, 9.17) is 11.6 Å². The smallest absolute Gasteiger partial charge is 0.288 e. The van der Waals surface area contributed by atoms with Crippen molar-refractivity contribution < 1.29 is 26.9 Å². The molecular formula is C19H16ClF2N3O5S. The summed E-state index contributed by atoms with van der Waals surface area (Å²) < 4.78 is 52.8. The zero-order valence-electron chi connectivity index (χ0n) is 15.9. The second kappa shape index (κ2) is 9.08. The monoisotopic (exact) mass is 471 g/mol. The van der Waals surface area contributed by atoms with E-state index >= 15 is 0 Å². The number of carbonyl (C=O) groups excluding carboxylic acids is 1. The van der Waals surface area contributed by atoms with Crippen LogP contribution in [0.15, 0.2) is 47.4 Å². The van der Waals surface area contributed by atoms with Gasteiger partial charge in [0, 0.05) is 38.3 Å². The molecular weight excluding hydrogens is 456 g/mol. The van der Waals surface area contributed by atoms with Crippen molar-refractivity contribution in [2.45, 2.75) is 4.90 Å². The number of hydrogen-bond donors (Lipinski definition) is 0. The second-order valence-corrected chi connectivity index (χ2v) is 8.95. The lowest BCUT2D eigenvalue weighted by atomic mass is 10.2. The molecule has 1 aliphatic heterocycles. The van der Waals surface area contributed by atoms with Crippen LogP contribution in [0, 0.1) is 21.7 Å². The van der Waals surface area contributed by atoms with Crippen molar-refractivity contribution in [1.82, 2.24) is 9.21 Å². The van der Waals surface area contributed by atoms with Crippen molar-refractivity contribution in [2.75, 3.05) is 26.2 Å². The van der Waals surface area contributed by atoms with Crippen LogP contribution < -0.4 is 0 Å². The van der Waals surface area contributed by atoms with Crippen LogP contribution in [-0.2, 0) is 14.8 Å². The number of nitrogens with zero attached hydrogens (tertiary/aromatic N) is 3. The molecule has 2 aromatic carbocycles. The van der Waals surface area contributed by atoms with Gasteiger partial charge >= 0.3 is 0 Å². The Morgan fingerprint density at radius 2 is 1.74 bits per heavy atom. The van der Waals surface area contributed by atoms with Crippen molar-refractivity contribution in [3.05, 3.63) is 74.8 Å². The molecule has 164 valence electrons. The summed E-state index contributed by atoms with van der Waals surface area (Å²) in [5.41, 5.74) is 0.122. The third-order valence-corrected chi connectivity index (χ3v) is 6.88. The number of rotatable bonds is 5.